The Bertz CT molecular complexity index is 1340. The molecule has 2 aromatic rings. The largest absolute Gasteiger partial charge is 0.506 e. The zero-order valence-corrected chi connectivity index (χ0v) is 25.8. The molecule has 12 heteroatoms. The van der Waals surface area contributed by atoms with Crippen molar-refractivity contribution < 1.29 is 33.0 Å². The van der Waals surface area contributed by atoms with Crippen molar-refractivity contribution in [3.8, 4) is 5.75 Å². The number of aliphatic hydroxyl groups is 1. The van der Waals surface area contributed by atoms with E-state index in [0.717, 1.165) is 69.2 Å². The van der Waals surface area contributed by atoms with Gasteiger partial charge in [0.2, 0.25) is 15.9 Å². The summed E-state index contributed by atoms with van der Waals surface area (Å²) in [5, 5.41) is 24.0. The first-order valence-corrected chi connectivity index (χ1v) is 17.0. The number of nitrogens with zero attached hydrogens (tertiary/aromatic N) is 2. The predicted molar refractivity (Wildman–Crippen MR) is 167 cm³/mol. The number of carbonyl (C=O) groups is 2. The maximum absolute atomic E-state index is 13.2. The molecule has 2 fully saturated rings. The lowest BCUT2D eigenvalue weighted by Gasteiger charge is -2.36. The number of esters is 1. The van der Waals surface area contributed by atoms with E-state index in [9.17, 15) is 28.2 Å². The van der Waals surface area contributed by atoms with E-state index in [1.165, 1.54) is 18.6 Å². The van der Waals surface area contributed by atoms with Crippen LogP contribution in [0, 0.1) is 0 Å². The van der Waals surface area contributed by atoms with E-state index in [4.69, 9.17) is 4.74 Å². The number of benzene rings is 2. The van der Waals surface area contributed by atoms with Gasteiger partial charge in [-0.2, -0.15) is 0 Å². The molecule has 0 radical (unpaired) electrons. The van der Waals surface area contributed by atoms with Crippen LogP contribution in [-0.4, -0.2) is 75.1 Å². The van der Waals surface area contributed by atoms with Crippen LogP contribution in [0.5, 0.6) is 5.75 Å². The number of nitrogens with one attached hydrogen (secondary N) is 2. The molecular formula is C31H44N4O7S. The highest BCUT2D eigenvalue weighted by atomic mass is 32.2. The first-order chi connectivity index (χ1) is 20.5. The van der Waals surface area contributed by atoms with Gasteiger partial charge in [-0.1, -0.05) is 25.3 Å². The normalized spacial score (nSPS) is 17.3. The maximum Gasteiger partial charge on any atom is 0.315 e. The summed E-state index contributed by atoms with van der Waals surface area (Å²) in [6.07, 6.45) is 6.78. The van der Waals surface area contributed by atoms with Gasteiger partial charge in [-0.15, -0.1) is 0 Å². The fourth-order valence-corrected chi connectivity index (χ4v) is 6.49. The lowest BCUT2D eigenvalue weighted by molar-refractivity contribution is -0.145. The van der Waals surface area contributed by atoms with Crippen molar-refractivity contribution in [1.29, 1.82) is 0 Å². The van der Waals surface area contributed by atoms with Gasteiger partial charge in [0.1, 0.15) is 12.2 Å². The third-order valence-corrected chi connectivity index (χ3v) is 8.69. The maximum atomic E-state index is 13.2. The van der Waals surface area contributed by atoms with E-state index < -0.39 is 22.1 Å². The van der Waals surface area contributed by atoms with Crippen LogP contribution in [0.2, 0.25) is 0 Å². The van der Waals surface area contributed by atoms with Crippen molar-refractivity contribution in [2.45, 2.75) is 76.5 Å². The van der Waals surface area contributed by atoms with Gasteiger partial charge in [0.05, 0.1) is 24.7 Å². The van der Waals surface area contributed by atoms with Crippen LogP contribution < -0.4 is 19.8 Å². The summed E-state index contributed by atoms with van der Waals surface area (Å²) in [5.41, 5.74) is 2.40. The van der Waals surface area contributed by atoms with Crippen molar-refractivity contribution in [2.75, 3.05) is 47.0 Å². The minimum Gasteiger partial charge on any atom is -0.506 e. The molecule has 1 saturated heterocycles. The van der Waals surface area contributed by atoms with Gasteiger partial charge in [-0.25, -0.2) is 8.42 Å². The van der Waals surface area contributed by atoms with E-state index >= 15 is 0 Å². The molecule has 2 aliphatic rings. The topological polar surface area (TPSA) is 149 Å². The van der Waals surface area contributed by atoms with Gasteiger partial charge in [-0.05, 0) is 74.6 Å². The highest BCUT2D eigenvalue weighted by molar-refractivity contribution is 7.92. The highest BCUT2D eigenvalue weighted by Gasteiger charge is 2.29. The minimum absolute atomic E-state index is 0.0311. The van der Waals surface area contributed by atoms with Crippen molar-refractivity contribution in [3.63, 3.8) is 0 Å². The van der Waals surface area contributed by atoms with Crippen molar-refractivity contribution in [3.05, 3.63) is 48.0 Å². The Morgan fingerprint density at radius 1 is 1.05 bits per heavy atom. The van der Waals surface area contributed by atoms with Crippen molar-refractivity contribution >= 4 is 39.0 Å². The molecule has 1 saturated carbocycles. The Balaban J connectivity index is 1.31. The van der Waals surface area contributed by atoms with Crippen LogP contribution >= 0.6 is 0 Å². The van der Waals surface area contributed by atoms with E-state index in [-0.39, 0.29) is 42.5 Å². The average Bonchev–Trinajstić information content (AvgIpc) is 2.98. The van der Waals surface area contributed by atoms with E-state index in [0.29, 0.717) is 12.1 Å². The zero-order chi connectivity index (χ0) is 31.0. The number of aromatic hydroxyl groups is 1. The standard InChI is InChI=1S/C31H44N4O7S/c1-3-42-31(39)20-30(38)35(25-7-5-4-6-8-25)26-12-10-24(11-13-26)34-17-15-23(16-18-34)32-21-29(37)22-9-14-28(36)27(19-22)33-43(2,40)41/h9-14,19,23,25,29,32-33,36-37H,3-8,15-18,20-21H2,1-2H3/t29-/m0/s1. The fourth-order valence-electron chi connectivity index (χ4n) is 5.92. The molecule has 2 aromatic carbocycles. The van der Waals surface area contributed by atoms with Crippen LogP contribution in [0.4, 0.5) is 17.1 Å². The number of phenols is 1. The van der Waals surface area contributed by atoms with Crippen LogP contribution in [0.25, 0.3) is 0 Å². The lowest BCUT2D eigenvalue weighted by atomic mass is 9.93. The summed E-state index contributed by atoms with van der Waals surface area (Å²) < 4.78 is 30.4. The first-order valence-electron chi connectivity index (χ1n) is 15.1. The Labute approximate surface area is 254 Å². The summed E-state index contributed by atoms with van der Waals surface area (Å²) in [5.74, 6) is -0.923. The van der Waals surface area contributed by atoms with E-state index in [2.05, 4.69) is 14.9 Å². The van der Waals surface area contributed by atoms with Crippen molar-refractivity contribution in [2.24, 2.45) is 0 Å². The Kier molecular flexibility index (Phi) is 11.3. The van der Waals surface area contributed by atoms with Crippen LogP contribution in [0.15, 0.2) is 42.5 Å². The van der Waals surface area contributed by atoms with E-state index in [1.807, 2.05) is 24.3 Å². The molecule has 1 heterocycles. The Hall–Kier alpha value is -3.35. The summed E-state index contributed by atoms with van der Waals surface area (Å²) in [6, 6.07) is 12.7. The molecular weight excluding hydrogens is 572 g/mol. The fraction of sp³-hybridized carbons (Fsp3) is 0.548. The number of ether oxygens (including phenoxy) is 1. The lowest BCUT2D eigenvalue weighted by Crippen LogP contribution is -2.44. The van der Waals surface area contributed by atoms with Gasteiger partial charge < -0.3 is 30.1 Å². The average molecular weight is 617 g/mol. The molecule has 43 heavy (non-hydrogen) atoms. The highest BCUT2D eigenvalue weighted by Crippen LogP contribution is 2.31. The third-order valence-electron chi connectivity index (χ3n) is 8.10. The van der Waals surface area contributed by atoms with Crippen LogP contribution in [-0.2, 0) is 24.3 Å². The van der Waals surface area contributed by atoms with Crippen LogP contribution in [0.3, 0.4) is 0 Å². The van der Waals surface area contributed by atoms with Gasteiger partial charge in [-0.3, -0.25) is 14.3 Å². The molecule has 1 aliphatic carbocycles. The summed E-state index contributed by atoms with van der Waals surface area (Å²) >= 11 is 0. The van der Waals surface area contributed by atoms with Gasteiger partial charge in [0.25, 0.3) is 0 Å². The second kappa shape index (κ2) is 14.9. The molecule has 1 atom stereocenters. The number of sulfonamides is 1. The second-order valence-corrected chi connectivity index (χ2v) is 13.1. The molecule has 0 bridgehead atoms. The molecule has 4 N–H and O–H groups in total. The number of hydrogen-bond acceptors (Lipinski definition) is 9. The Morgan fingerprint density at radius 2 is 1.72 bits per heavy atom. The summed E-state index contributed by atoms with van der Waals surface area (Å²) in [6.45, 7) is 3.92. The smallest absolute Gasteiger partial charge is 0.315 e. The second-order valence-electron chi connectivity index (χ2n) is 11.4. The SMILES string of the molecule is CCOC(=O)CC(=O)N(c1ccc(N2CCC(NC[C@H](O)c3ccc(O)c(NS(C)(=O)=O)c3)CC2)cc1)C1CCCCC1. The molecule has 4 rings (SSSR count). The van der Waals surface area contributed by atoms with Gasteiger partial charge in [0, 0.05) is 43.1 Å². The molecule has 11 nitrogen and oxygen atoms in total. The zero-order valence-electron chi connectivity index (χ0n) is 25.0. The summed E-state index contributed by atoms with van der Waals surface area (Å²) in [7, 11) is -3.57. The number of carbonyl (C=O) groups excluding carboxylic acids is 2. The third kappa shape index (κ3) is 9.32. The van der Waals surface area contributed by atoms with Gasteiger partial charge >= 0.3 is 5.97 Å². The first kappa shape index (κ1) is 32.6. The molecule has 236 valence electrons. The number of aliphatic hydroxyl groups excluding tert-OH is 1. The Morgan fingerprint density at radius 3 is 2.35 bits per heavy atom. The van der Waals surface area contributed by atoms with Crippen LogP contribution in [0.1, 0.15) is 70.0 Å². The molecule has 0 spiro atoms. The molecule has 1 aliphatic heterocycles. The number of anilines is 3. The quantitative estimate of drug-likeness (QED) is 0.159. The number of piperidine rings is 1. The molecule has 0 unspecified atom stereocenters. The van der Waals surface area contributed by atoms with Crippen molar-refractivity contribution in [1.82, 2.24) is 5.32 Å². The number of hydrogen-bond donors (Lipinski definition) is 4. The monoisotopic (exact) mass is 616 g/mol. The number of rotatable bonds is 12. The summed E-state index contributed by atoms with van der Waals surface area (Å²) in [4.78, 5) is 29.3. The van der Waals surface area contributed by atoms with Gasteiger partial charge in [0.15, 0.2) is 0 Å². The minimum atomic E-state index is -3.57. The molecule has 1 amide bonds. The number of phenolic OH excluding ortho intramolecular Hbond substituents is 1. The predicted octanol–water partition coefficient (Wildman–Crippen LogP) is 3.67. The molecule has 0 aromatic heterocycles. The van der Waals surface area contributed by atoms with E-state index in [1.54, 1.807) is 17.9 Å². The number of amides is 1.